The fourth-order valence-electron chi connectivity index (χ4n) is 3.83. The second-order valence-electron chi connectivity index (χ2n) is 6.95. The first-order valence-corrected chi connectivity index (χ1v) is 9.20. The van der Waals surface area contributed by atoms with E-state index in [0.29, 0.717) is 24.7 Å². The lowest BCUT2D eigenvalue weighted by molar-refractivity contribution is -0.910. The van der Waals surface area contributed by atoms with Gasteiger partial charge in [0.1, 0.15) is 19.3 Å². The SMILES string of the molecule is O=C(C[NH+]1CCC[C@@H]1c1ccc2c(c1)OCCO2)Nc1ccc(F)c(F)c1F. The summed E-state index contributed by atoms with van der Waals surface area (Å²) in [6.07, 6.45) is 1.85. The van der Waals surface area contributed by atoms with Crippen LogP contribution in [0.2, 0.25) is 0 Å². The highest BCUT2D eigenvalue weighted by atomic mass is 19.2. The molecule has 0 bridgehead atoms. The van der Waals surface area contributed by atoms with Gasteiger partial charge in [-0.15, -0.1) is 0 Å². The van der Waals surface area contributed by atoms with Crippen molar-refractivity contribution in [3.05, 3.63) is 53.3 Å². The van der Waals surface area contributed by atoms with Gasteiger partial charge in [0.25, 0.3) is 5.91 Å². The third kappa shape index (κ3) is 3.64. The summed E-state index contributed by atoms with van der Waals surface area (Å²) in [4.78, 5) is 13.4. The average molecular weight is 393 g/mol. The first-order chi connectivity index (χ1) is 13.5. The molecule has 2 N–H and O–H groups in total. The smallest absolute Gasteiger partial charge is 0.279 e. The Kier molecular flexibility index (Phi) is 5.13. The lowest BCUT2D eigenvalue weighted by atomic mass is 10.0. The maximum absolute atomic E-state index is 13.8. The zero-order chi connectivity index (χ0) is 19.7. The van der Waals surface area contributed by atoms with Gasteiger partial charge in [-0.3, -0.25) is 4.79 Å². The van der Waals surface area contributed by atoms with E-state index in [1.165, 1.54) is 0 Å². The third-order valence-corrected chi connectivity index (χ3v) is 5.15. The van der Waals surface area contributed by atoms with E-state index in [1.54, 1.807) is 0 Å². The predicted molar refractivity (Wildman–Crippen MR) is 95.0 cm³/mol. The number of amides is 1. The molecular weight excluding hydrogens is 373 g/mol. The first-order valence-electron chi connectivity index (χ1n) is 9.20. The van der Waals surface area contributed by atoms with Crippen LogP contribution in [0.15, 0.2) is 30.3 Å². The summed E-state index contributed by atoms with van der Waals surface area (Å²) >= 11 is 0. The van der Waals surface area contributed by atoms with Crippen molar-refractivity contribution in [2.75, 3.05) is 31.6 Å². The number of fused-ring (bicyclic) bond motifs is 1. The lowest BCUT2D eigenvalue weighted by Crippen LogP contribution is -3.11. The Balaban J connectivity index is 1.45. The van der Waals surface area contributed by atoms with Crippen LogP contribution >= 0.6 is 0 Å². The Bertz CT molecular complexity index is 907. The highest BCUT2D eigenvalue weighted by molar-refractivity contribution is 5.91. The van der Waals surface area contributed by atoms with E-state index < -0.39 is 23.4 Å². The van der Waals surface area contributed by atoms with Crippen molar-refractivity contribution >= 4 is 11.6 Å². The minimum atomic E-state index is -1.60. The molecule has 5 nitrogen and oxygen atoms in total. The highest BCUT2D eigenvalue weighted by Gasteiger charge is 2.32. The topological polar surface area (TPSA) is 52.0 Å². The zero-order valence-corrected chi connectivity index (χ0v) is 15.1. The molecule has 0 aliphatic carbocycles. The summed E-state index contributed by atoms with van der Waals surface area (Å²) in [5.74, 6) is -3.33. The minimum Gasteiger partial charge on any atom is -0.486 e. The molecule has 1 fully saturated rings. The van der Waals surface area contributed by atoms with Gasteiger partial charge in [-0.2, -0.15) is 0 Å². The zero-order valence-electron chi connectivity index (χ0n) is 15.1. The van der Waals surface area contributed by atoms with Crippen LogP contribution in [0.5, 0.6) is 11.5 Å². The van der Waals surface area contributed by atoms with E-state index in [4.69, 9.17) is 9.47 Å². The van der Waals surface area contributed by atoms with E-state index in [0.717, 1.165) is 42.0 Å². The molecule has 1 amide bonds. The minimum absolute atomic E-state index is 0.0939. The number of carbonyl (C=O) groups excluding carboxylic acids is 1. The Morgan fingerprint density at radius 3 is 2.68 bits per heavy atom. The summed E-state index contributed by atoms with van der Waals surface area (Å²) in [5, 5.41) is 2.34. The number of carbonyl (C=O) groups is 1. The molecule has 148 valence electrons. The van der Waals surface area contributed by atoms with Gasteiger partial charge in [0.2, 0.25) is 0 Å². The van der Waals surface area contributed by atoms with Gasteiger partial charge in [0, 0.05) is 18.4 Å². The van der Waals surface area contributed by atoms with Gasteiger partial charge in [-0.05, 0) is 30.3 Å². The number of hydrogen-bond acceptors (Lipinski definition) is 3. The molecule has 28 heavy (non-hydrogen) atoms. The summed E-state index contributed by atoms with van der Waals surface area (Å²) in [6, 6.07) is 7.68. The fourth-order valence-corrected chi connectivity index (χ4v) is 3.83. The second-order valence-corrected chi connectivity index (χ2v) is 6.95. The molecule has 0 spiro atoms. The van der Waals surface area contributed by atoms with Crippen molar-refractivity contribution in [1.29, 1.82) is 0 Å². The maximum atomic E-state index is 13.8. The number of quaternary nitrogens is 1. The van der Waals surface area contributed by atoms with Crippen LogP contribution in [-0.2, 0) is 4.79 Å². The Morgan fingerprint density at radius 1 is 1.07 bits per heavy atom. The van der Waals surface area contributed by atoms with Crippen LogP contribution in [0.3, 0.4) is 0 Å². The molecule has 2 aliphatic heterocycles. The van der Waals surface area contributed by atoms with E-state index in [2.05, 4.69) is 5.32 Å². The molecule has 2 aromatic rings. The van der Waals surface area contributed by atoms with Crippen molar-refractivity contribution in [1.82, 2.24) is 0 Å². The number of hydrogen-bond donors (Lipinski definition) is 2. The normalized spacial score (nSPS) is 20.8. The largest absolute Gasteiger partial charge is 0.486 e. The molecule has 2 aromatic carbocycles. The van der Waals surface area contributed by atoms with E-state index in [1.807, 2.05) is 18.2 Å². The van der Waals surface area contributed by atoms with Gasteiger partial charge in [-0.25, -0.2) is 13.2 Å². The fraction of sp³-hybridized carbons (Fsp3) is 0.350. The van der Waals surface area contributed by atoms with Crippen molar-refractivity contribution < 1.29 is 32.3 Å². The monoisotopic (exact) mass is 393 g/mol. The van der Waals surface area contributed by atoms with Crippen LogP contribution in [0.25, 0.3) is 0 Å². The van der Waals surface area contributed by atoms with Crippen molar-refractivity contribution in [3.8, 4) is 11.5 Å². The molecule has 8 heteroatoms. The summed E-state index contributed by atoms with van der Waals surface area (Å²) < 4.78 is 51.3. The van der Waals surface area contributed by atoms with Gasteiger partial charge in [0.15, 0.2) is 35.5 Å². The number of likely N-dealkylation sites (tertiary alicyclic amines) is 1. The van der Waals surface area contributed by atoms with Crippen molar-refractivity contribution in [2.45, 2.75) is 18.9 Å². The van der Waals surface area contributed by atoms with Gasteiger partial charge >= 0.3 is 0 Å². The lowest BCUT2D eigenvalue weighted by Gasteiger charge is -2.24. The molecule has 4 rings (SSSR count). The summed E-state index contributed by atoms with van der Waals surface area (Å²) in [6.45, 7) is 1.90. The molecule has 2 aliphatic rings. The van der Waals surface area contributed by atoms with Gasteiger partial charge < -0.3 is 19.7 Å². The van der Waals surface area contributed by atoms with E-state index in [9.17, 15) is 18.0 Å². The molecule has 0 radical (unpaired) electrons. The van der Waals surface area contributed by atoms with Crippen molar-refractivity contribution in [2.24, 2.45) is 0 Å². The number of nitrogens with one attached hydrogen (secondary N) is 2. The van der Waals surface area contributed by atoms with Crippen LogP contribution in [0.1, 0.15) is 24.4 Å². The Labute approximate surface area is 160 Å². The highest BCUT2D eigenvalue weighted by Crippen LogP contribution is 2.33. The average Bonchev–Trinajstić information content (AvgIpc) is 3.16. The van der Waals surface area contributed by atoms with Crippen molar-refractivity contribution in [3.63, 3.8) is 0 Å². The Morgan fingerprint density at radius 2 is 1.86 bits per heavy atom. The molecule has 1 unspecified atom stereocenters. The van der Waals surface area contributed by atoms with E-state index in [-0.39, 0.29) is 18.3 Å². The molecule has 1 saturated heterocycles. The Hall–Kier alpha value is -2.74. The summed E-state index contributed by atoms with van der Waals surface area (Å²) in [5.41, 5.74) is 0.682. The van der Waals surface area contributed by atoms with Gasteiger partial charge in [-0.1, -0.05) is 0 Å². The van der Waals surface area contributed by atoms with Crippen LogP contribution < -0.4 is 19.7 Å². The van der Waals surface area contributed by atoms with Crippen LogP contribution in [0.4, 0.5) is 18.9 Å². The quantitative estimate of drug-likeness (QED) is 0.784. The molecule has 2 atom stereocenters. The third-order valence-electron chi connectivity index (χ3n) is 5.15. The number of benzene rings is 2. The van der Waals surface area contributed by atoms with Crippen LogP contribution in [-0.4, -0.2) is 32.2 Å². The maximum Gasteiger partial charge on any atom is 0.279 e. The number of halogens is 3. The molecule has 2 heterocycles. The predicted octanol–water partition coefficient (Wildman–Crippen LogP) is 2.23. The summed E-state index contributed by atoms with van der Waals surface area (Å²) in [7, 11) is 0. The number of anilines is 1. The molecule has 0 aromatic heterocycles. The number of ether oxygens (including phenoxy) is 2. The standard InChI is InChI=1S/C20H19F3N2O3/c21-13-4-5-14(20(23)19(13)22)24-18(26)11-25-7-1-2-15(25)12-3-6-16-17(10-12)28-9-8-27-16/h3-6,10,15H,1-2,7-9,11H2,(H,24,26)/p+1/t15-/m1/s1. The second kappa shape index (κ2) is 7.71. The van der Waals surface area contributed by atoms with E-state index >= 15 is 0 Å². The number of rotatable bonds is 4. The van der Waals surface area contributed by atoms with Crippen LogP contribution in [0, 0.1) is 17.5 Å². The molecule has 0 saturated carbocycles. The first kappa shape index (κ1) is 18.6. The van der Waals surface area contributed by atoms with Gasteiger partial charge in [0.05, 0.1) is 12.2 Å². The molecular formula is C20H20F3N2O3+.